The van der Waals surface area contributed by atoms with Crippen molar-refractivity contribution >= 4 is 37.7 Å². The molecule has 0 spiro atoms. The van der Waals surface area contributed by atoms with Crippen LogP contribution in [0, 0.1) is 0 Å². The molecule has 1 N–H and O–H groups in total. The number of rotatable bonds is 6. The number of benzene rings is 2. The zero-order chi connectivity index (χ0) is 18.9. The molecule has 2 aromatic carbocycles. The van der Waals surface area contributed by atoms with Crippen molar-refractivity contribution < 1.29 is 9.52 Å². The first-order chi connectivity index (χ1) is 12.3. The first kappa shape index (κ1) is 19.0. The van der Waals surface area contributed by atoms with Crippen LogP contribution in [0.2, 0.25) is 0 Å². The van der Waals surface area contributed by atoms with Crippen LogP contribution in [-0.2, 0) is 5.41 Å². The third kappa shape index (κ3) is 3.66. The molecule has 0 aliphatic rings. The van der Waals surface area contributed by atoms with Crippen molar-refractivity contribution in [2.45, 2.75) is 58.3 Å². The second-order valence-corrected chi connectivity index (χ2v) is 8.56. The van der Waals surface area contributed by atoms with Crippen LogP contribution in [-0.4, -0.2) is 5.11 Å². The van der Waals surface area contributed by atoms with Gasteiger partial charge in [-0.15, -0.1) is 0 Å². The molecular weight excluding hydrogens is 392 g/mol. The number of aromatic hydroxyl groups is 1. The molecule has 3 rings (SSSR count). The Balaban J connectivity index is 2.11. The highest BCUT2D eigenvalue weighted by molar-refractivity contribution is 9.10. The predicted molar refractivity (Wildman–Crippen MR) is 111 cm³/mol. The highest BCUT2D eigenvalue weighted by Crippen LogP contribution is 2.38. The van der Waals surface area contributed by atoms with E-state index in [2.05, 4.69) is 36.7 Å². The molecule has 0 atom stereocenters. The molecule has 3 nitrogen and oxygen atoms in total. The van der Waals surface area contributed by atoms with Crippen molar-refractivity contribution in [1.29, 1.82) is 0 Å². The number of hydrogen-bond acceptors (Lipinski definition) is 3. The SMILES string of the molecule is CCCCCCC(C)(C)c1cc(O)c2c(c1)oc(=O)c1ccc(Br)cc12. The van der Waals surface area contributed by atoms with E-state index in [9.17, 15) is 9.90 Å². The smallest absolute Gasteiger partial charge is 0.344 e. The van der Waals surface area contributed by atoms with Crippen LogP contribution >= 0.6 is 15.9 Å². The maximum Gasteiger partial charge on any atom is 0.344 e. The maximum atomic E-state index is 12.4. The van der Waals surface area contributed by atoms with Crippen molar-refractivity contribution in [1.82, 2.24) is 0 Å². The van der Waals surface area contributed by atoms with Crippen LogP contribution in [0.3, 0.4) is 0 Å². The molecule has 0 saturated heterocycles. The Kier molecular flexibility index (Phi) is 5.42. The number of phenolic OH excluding ortho intramolecular Hbond substituents is 1. The minimum absolute atomic E-state index is 0.0930. The summed E-state index contributed by atoms with van der Waals surface area (Å²) in [5.74, 6) is 0.158. The van der Waals surface area contributed by atoms with E-state index in [1.54, 1.807) is 12.1 Å². The first-order valence-electron chi connectivity index (χ1n) is 9.23. The van der Waals surface area contributed by atoms with Gasteiger partial charge >= 0.3 is 5.63 Å². The maximum absolute atomic E-state index is 12.4. The summed E-state index contributed by atoms with van der Waals surface area (Å²) in [6.07, 6.45) is 5.85. The topological polar surface area (TPSA) is 50.4 Å². The highest BCUT2D eigenvalue weighted by Gasteiger charge is 2.23. The lowest BCUT2D eigenvalue weighted by molar-refractivity contribution is 0.437. The van der Waals surface area contributed by atoms with Crippen LogP contribution in [0.5, 0.6) is 5.75 Å². The van der Waals surface area contributed by atoms with E-state index in [1.165, 1.54) is 19.3 Å². The van der Waals surface area contributed by atoms with Crippen LogP contribution in [0.25, 0.3) is 21.7 Å². The van der Waals surface area contributed by atoms with Gasteiger partial charge in [-0.05, 0) is 47.7 Å². The van der Waals surface area contributed by atoms with Gasteiger partial charge in [0.15, 0.2) is 0 Å². The molecular formula is C22H25BrO3. The molecule has 0 amide bonds. The lowest BCUT2D eigenvalue weighted by Crippen LogP contribution is -2.17. The monoisotopic (exact) mass is 416 g/mol. The van der Waals surface area contributed by atoms with Gasteiger partial charge in [-0.1, -0.05) is 62.4 Å². The predicted octanol–water partition coefficient (Wildman–Crippen LogP) is 6.66. The Morgan fingerprint density at radius 1 is 1.08 bits per heavy atom. The standard InChI is InChI=1S/C22H25BrO3/c1-4-5-6-7-10-22(2,3)14-11-18(24)20-17-13-15(23)8-9-16(17)21(25)26-19(20)12-14/h8-9,11-13,24H,4-7,10H2,1-3H3. The summed E-state index contributed by atoms with van der Waals surface area (Å²) in [4.78, 5) is 12.4. The molecule has 1 aromatic heterocycles. The number of halogens is 1. The summed E-state index contributed by atoms with van der Waals surface area (Å²) in [6.45, 7) is 6.56. The fourth-order valence-electron chi connectivity index (χ4n) is 3.54. The molecule has 26 heavy (non-hydrogen) atoms. The van der Waals surface area contributed by atoms with Gasteiger partial charge < -0.3 is 9.52 Å². The number of fused-ring (bicyclic) bond motifs is 3. The first-order valence-corrected chi connectivity index (χ1v) is 10.0. The van der Waals surface area contributed by atoms with Gasteiger partial charge in [0, 0.05) is 9.86 Å². The van der Waals surface area contributed by atoms with Gasteiger partial charge in [0.1, 0.15) is 11.3 Å². The molecule has 0 unspecified atom stereocenters. The lowest BCUT2D eigenvalue weighted by atomic mass is 9.79. The zero-order valence-corrected chi connectivity index (χ0v) is 17.1. The normalized spacial score (nSPS) is 12.2. The molecule has 1 heterocycles. The molecule has 0 radical (unpaired) electrons. The van der Waals surface area contributed by atoms with Gasteiger partial charge in [-0.2, -0.15) is 0 Å². The molecule has 0 bridgehead atoms. The minimum atomic E-state index is -0.377. The average Bonchev–Trinajstić information content (AvgIpc) is 2.58. The van der Waals surface area contributed by atoms with E-state index in [0.717, 1.165) is 22.9 Å². The molecule has 0 aliphatic carbocycles. The zero-order valence-electron chi connectivity index (χ0n) is 15.6. The molecule has 0 aliphatic heterocycles. The summed E-state index contributed by atoms with van der Waals surface area (Å²) in [5, 5.41) is 12.5. The quantitative estimate of drug-likeness (QED) is 0.277. The van der Waals surface area contributed by atoms with Crippen LogP contribution in [0.4, 0.5) is 0 Å². The summed E-state index contributed by atoms with van der Waals surface area (Å²) >= 11 is 3.44. The Hall–Kier alpha value is -1.81. The Labute approximate surface area is 162 Å². The second kappa shape index (κ2) is 7.43. The van der Waals surface area contributed by atoms with Gasteiger partial charge in [0.25, 0.3) is 0 Å². The fourth-order valence-corrected chi connectivity index (χ4v) is 3.90. The number of hydrogen-bond donors (Lipinski definition) is 1. The summed E-state index contributed by atoms with van der Waals surface area (Å²) in [6, 6.07) is 9.11. The Morgan fingerprint density at radius 3 is 2.58 bits per heavy atom. The van der Waals surface area contributed by atoms with E-state index < -0.39 is 0 Å². The Bertz CT molecular complexity index is 1000. The number of phenols is 1. The fraction of sp³-hybridized carbons (Fsp3) is 0.409. The summed E-state index contributed by atoms with van der Waals surface area (Å²) < 4.78 is 6.40. The van der Waals surface area contributed by atoms with E-state index in [1.807, 2.05) is 18.2 Å². The molecule has 3 aromatic rings. The average molecular weight is 417 g/mol. The van der Waals surface area contributed by atoms with E-state index >= 15 is 0 Å². The van der Waals surface area contributed by atoms with E-state index in [4.69, 9.17) is 4.42 Å². The molecule has 138 valence electrons. The highest BCUT2D eigenvalue weighted by atomic mass is 79.9. The minimum Gasteiger partial charge on any atom is -0.507 e. The van der Waals surface area contributed by atoms with Crippen molar-refractivity contribution in [2.75, 3.05) is 0 Å². The van der Waals surface area contributed by atoms with E-state index in [-0.39, 0.29) is 16.8 Å². The van der Waals surface area contributed by atoms with Gasteiger partial charge in [0.2, 0.25) is 0 Å². The molecule has 4 heteroatoms. The summed E-state index contributed by atoms with van der Waals surface area (Å²) in [7, 11) is 0. The lowest BCUT2D eigenvalue weighted by Gasteiger charge is -2.26. The number of unbranched alkanes of at least 4 members (excludes halogenated alkanes) is 3. The second-order valence-electron chi connectivity index (χ2n) is 7.64. The van der Waals surface area contributed by atoms with Crippen LogP contribution in [0.1, 0.15) is 58.4 Å². The van der Waals surface area contributed by atoms with Gasteiger partial charge in [-0.25, -0.2) is 4.79 Å². The third-order valence-electron chi connectivity index (χ3n) is 5.19. The summed E-state index contributed by atoms with van der Waals surface area (Å²) in [5.41, 5.74) is 0.968. The van der Waals surface area contributed by atoms with Gasteiger partial charge in [-0.3, -0.25) is 0 Å². The van der Waals surface area contributed by atoms with Crippen molar-refractivity contribution in [2.24, 2.45) is 0 Å². The van der Waals surface area contributed by atoms with Gasteiger partial charge in [0.05, 0.1) is 10.8 Å². The molecule has 0 saturated carbocycles. The van der Waals surface area contributed by atoms with Crippen molar-refractivity contribution in [3.05, 3.63) is 50.8 Å². The van der Waals surface area contributed by atoms with Crippen LogP contribution in [0.15, 0.2) is 44.0 Å². The van der Waals surface area contributed by atoms with E-state index in [0.29, 0.717) is 21.7 Å². The van der Waals surface area contributed by atoms with Crippen LogP contribution < -0.4 is 5.63 Å². The molecule has 0 fully saturated rings. The Morgan fingerprint density at radius 2 is 1.85 bits per heavy atom. The van der Waals surface area contributed by atoms with Crippen molar-refractivity contribution in [3.8, 4) is 5.75 Å². The van der Waals surface area contributed by atoms with Crippen molar-refractivity contribution in [3.63, 3.8) is 0 Å². The third-order valence-corrected chi connectivity index (χ3v) is 5.68. The largest absolute Gasteiger partial charge is 0.507 e.